The first kappa shape index (κ1) is 25.8. The molecule has 0 radical (unpaired) electrons. The Morgan fingerprint density at radius 1 is 1.05 bits per heavy atom. The summed E-state index contributed by atoms with van der Waals surface area (Å²) in [5.41, 5.74) is 0.871. The Bertz CT molecular complexity index is 1480. The van der Waals surface area contributed by atoms with E-state index in [1.165, 1.54) is 24.3 Å². The number of pyridine rings is 1. The zero-order chi connectivity index (χ0) is 26.5. The summed E-state index contributed by atoms with van der Waals surface area (Å²) in [6, 6.07) is 19.4. The van der Waals surface area contributed by atoms with Crippen LogP contribution in [0.25, 0.3) is 11.3 Å². The summed E-state index contributed by atoms with van der Waals surface area (Å²) in [5, 5.41) is 0. The maximum absolute atomic E-state index is 15.0. The van der Waals surface area contributed by atoms with E-state index in [0.29, 0.717) is 30.4 Å². The number of benzene rings is 2. The molecule has 1 unspecified atom stereocenters. The molecule has 0 spiro atoms. The number of furan rings is 1. The summed E-state index contributed by atoms with van der Waals surface area (Å²) in [4.78, 5) is 5.48. The average Bonchev–Trinajstić information content (AvgIpc) is 3.42. The molecule has 0 saturated carbocycles. The summed E-state index contributed by atoms with van der Waals surface area (Å²) in [5.74, 6) is 0.417. The van der Waals surface area contributed by atoms with Crippen LogP contribution in [0.3, 0.4) is 0 Å². The number of halogens is 2. The largest absolute Gasteiger partial charge is 0.491 e. The first-order valence-electron chi connectivity index (χ1n) is 11.9. The lowest BCUT2D eigenvalue weighted by Gasteiger charge is -2.33. The topological polar surface area (TPSA) is 93.9 Å². The molecule has 0 aliphatic carbocycles. The summed E-state index contributed by atoms with van der Waals surface area (Å²) in [6.07, 6.45) is 0.742. The Kier molecular flexibility index (Phi) is 7.68. The third-order valence-electron chi connectivity index (χ3n) is 5.95. The Hall–Kier alpha value is -3.80. The van der Waals surface area contributed by atoms with Crippen LogP contribution in [0.4, 0.5) is 14.6 Å². The molecule has 1 atom stereocenters. The summed E-state index contributed by atoms with van der Waals surface area (Å²) in [7, 11) is -4.04. The molecule has 4 aromatic rings. The summed E-state index contributed by atoms with van der Waals surface area (Å²) in [6.45, 7) is 1.06. The standard InChI is InChI=1S/C27H25F2N3O5S/c28-20-6-8-21(9-7-20)36-18-23-17-32(12-13-35-23)27-25(29)14-24(16-30-27)38(33,34)31-15-22-10-11-26(37-22)19-4-2-1-3-5-19/h1-11,14,16,23,31H,12-13,15,17-18H2. The summed E-state index contributed by atoms with van der Waals surface area (Å²) < 4.78 is 73.1. The molecule has 1 saturated heterocycles. The zero-order valence-corrected chi connectivity index (χ0v) is 21.0. The van der Waals surface area contributed by atoms with Gasteiger partial charge in [0, 0.05) is 24.8 Å². The molecule has 198 valence electrons. The van der Waals surface area contributed by atoms with Crippen molar-refractivity contribution in [1.29, 1.82) is 0 Å². The van der Waals surface area contributed by atoms with E-state index in [1.54, 1.807) is 17.0 Å². The van der Waals surface area contributed by atoms with E-state index in [9.17, 15) is 12.8 Å². The van der Waals surface area contributed by atoms with Crippen LogP contribution < -0.4 is 14.4 Å². The fourth-order valence-electron chi connectivity index (χ4n) is 4.01. The lowest BCUT2D eigenvalue weighted by atomic mass is 10.2. The Balaban J connectivity index is 1.20. The highest BCUT2D eigenvalue weighted by molar-refractivity contribution is 7.89. The molecule has 0 bridgehead atoms. The molecule has 1 aliphatic rings. The van der Waals surface area contributed by atoms with Gasteiger partial charge in [0.25, 0.3) is 0 Å². The third kappa shape index (κ3) is 6.18. The van der Waals surface area contributed by atoms with Crippen LogP contribution in [0, 0.1) is 11.6 Å². The second-order valence-corrected chi connectivity index (χ2v) is 10.4. The van der Waals surface area contributed by atoms with E-state index in [1.807, 2.05) is 30.3 Å². The van der Waals surface area contributed by atoms with Crippen molar-refractivity contribution in [2.45, 2.75) is 17.5 Å². The molecule has 38 heavy (non-hydrogen) atoms. The van der Waals surface area contributed by atoms with Gasteiger partial charge < -0.3 is 18.8 Å². The molecule has 8 nitrogen and oxygen atoms in total. The van der Waals surface area contributed by atoms with Gasteiger partial charge in [0.05, 0.1) is 13.2 Å². The van der Waals surface area contributed by atoms with Gasteiger partial charge in [-0.15, -0.1) is 0 Å². The van der Waals surface area contributed by atoms with Crippen molar-refractivity contribution in [3.8, 4) is 17.1 Å². The number of rotatable bonds is 9. The van der Waals surface area contributed by atoms with Gasteiger partial charge in [0.1, 0.15) is 40.7 Å². The highest BCUT2D eigenvalue weighted by Gasteiger charge is 2.26. The van der Waals surface area contributed by atoms with Crippen molar-refractivity contribution >= 4 is 15.8 Å². The van der Waals surface area contributed by atoms with Crippen molar-refractivity contribution in [3.05, 3.63) is 96.4 Å². The first-order chi connectivity index (χ1) is 18.4. The highest BCUT2D eigenvalue weighted by atomic mass is 32.2. The van der Waals surface area contributed by atoms with Gasteiger partial charge in [-0.05, 0) is 42.5 Å². The monoisotopic (exact) mass is 541 g/mol. The predicted octanol–water partition coefficient (Wildman–Crippen LogP) is 4.38. The fraction of sp³-hybridized carbons (Fsp3) is 0.222. The predicted molar refractivity (Wildman–Crippen MR) is 136 cm³/mol. The Labute approximate surface area is 218 Å². The normalized spacial score (nSPS) is 15.9. The van der Waals surface area contributed by atoms with E-state index >= 15 is 4.39 Å². The van der Waals surface area contributed by atoms with Crippen molar-refractivity contribution in [2.24, 2.45) is 0 Å². The van der Waals surface area contributed by atoms with Crippen LogP contribution in [-0.4, -0.2) is 45.8 Å². The summed E-state index contributed by atoms with van der Waals surface area (Å²) >= 11 is 0. The number of morpholine rings is 1. The van der Waals surface area contributed by atoms with Crippen molar-refractivity contribution in [2.75, 3.05) is 31.2 Å². The lowest BCUT2D eigenvalue weighted by molar-refractivity contribution is 0.00984. The average molecular weight is 542 g/mol. The van der Waals surface area contributed by atoms with E-state index in [-0.39, 0.29) is 42.3 Å². The van der Waals surface area contributed by atoms with Gasteiger partial charge in [-0.25, -0.2) is 26.9 Å². The third-order valence-corrected chi connectivity index (χ3v) is 7.32. The van der Waals surface area contributed by atoms with E-state index in [0.717, 1.165) is 17.8 Å². The minimum absolute atomic E-state index is 0.0255. The quantitative estimate of drug-likeness (QED) is 0.336. The minimum atomic E-state index is -4.04. The van der Waals surface area contributed by atoms with Gasteiger partial charge in [0.15, 0.2) is 11.6 Å². The van der Waals surface area contributed by atoms with Gasteiger partial charge in [-0.3, -0.25) is 0 Å². The highest BCUT2D eigenvalue weighted by Crippen LogP contribution is 2.24. The number of hydrogen-bond acceptors (Lipinski definition) is 7. The second-order valence-electron chi connectivity index (χ2n) is 8.64. The second kappa shape index (κ2) is 11.3. The van der Waals surface area contributed by atoms with Crippen molar-refractivity contribution < 1.29 is 31.1 Å². The number of nitrogens with zero attached hydrogens (tertiary/aromatic N) is 2. The van der Waals surface area contributed by atoms with Crippen LogP contribution in [-0.2, 0) is 21.3 Å². The van der Waals surface area contributed by atoms with Crippen LogP contribution in [0.15, 0.2) is 88.3 Å². The van der Waals surface area contributed by atoms with E-state index in [4.69, 9.17) is 13.9 Å². The SMILES string of the molecule is O=S(=O)(NCc1ccc(-c2ccccc2)o1)c1cnc(N2CCOC(COc3ccc(F)cc3)C2)c(F)c1. The molecular formula is C27H25F2N3O5S. The van der Waals surface area contributed by atoms with Crippen LogP contribution >= 0.6 is 0 Å². The Morgan fingerprint density at radius 3 is 2.61 bits per heavy atom. The molecule has 2 aromatic heterocycles. The molecule has 1 aliphatic heterocycles. The number of ether oxygens (including phenoxy) is 2. The maximum atomic E-state index is 15.0. The number of nitrogens with one attached hydrogen (secondary N) is 1. The maximum Gasteiger partial charge on any atom is 0.242 e. The molecule has 3 heterocycles. The van der Waals surface area contributed by atoms with Crippen molar-refractivity contribution in [3.63, 3.8) is 0 Å². The number of aromatic nitrogens is 1. The molecular weight excluding hydrogens is 516 g/mol. The number of hydrogen-bond donors (Lipinski definition) is 1. The van der Waals surface area contributed by atoms with Crippen LogP contribution in [0.2, 0.25) is 0 Å². The molecule has 2 aromatic carbocycles. The van der Waals surface area contributed by atoms with Gasteiger partial charge in [0.2, 0.25) is 10.0 Å². The number of anilines is 1. The van der Waals surface area contributed by atoms with Crippen molar-refractivity contribution in [1.82, 2.24) is 9.71 Å². The van der Waals surface area contributed by atoms with Crippen LogP contribution in [0.5, 0.6) is 5.75 Å². The molecule has 5 rings (SSSR count). The fourth-order valence-corrected chi connectivity index (χ4v) is 4.95. The Morgan fingerprint density at radius 2 is 1.84 bits per heavy atom. The van der Waals surface area contributed by atoms with Gasteiger partial charge in [-0.1, -0.05) is 30.3 Å². The molecule has 1 fully saturated rings. The van der Waals surface area contributed by atoms with Crippen LogP contribution in [0.1, 0.15) is 5.76 Å². The minimum Gasteiger partial charge on any atom is -0.491 e. The molecule has 1 N–H and O–H groups in total. The lowest BCUT2D eigenvalue weighted by Crippen LogP contribution is -2.45. The number of sulfonamides is 1. The first-order valence-corrected chi connectivity index (χ1v) is 13.4. The molecule has 11 heteroatoms. The molecule has 0 amide bonds. The van der Waals surface area contributed by atoms with E-state index < -0.39 is 15.8 Å². The smallest absolute Gasteiger partial charge is 0.242 e. The zero-order valence-electron chi connectivity index (χ0n) is 20.2. The van der Waals surface area contributed by atoms with Gasteiger partial charge >= 0.3 is 0 Å². The van der Waals surface area contributed by atoms with Gasteiger partial charge in [-0.2, -0.15) is 0 Å². The van der Waals surface area contributed by atoms with E-state index in [2.05, 4.69) is 9.71 Å².